The summed E-state index contributed by atoms with van der Waals surface area (Å²) in [5.74, 6) is 0. The molecule has 1 unspecified atom stereocenters. The van der Waals surface area contributed by atoms with Gasteiger partial charge in [0.15, 0.2) is 9.84 Å². The molecule has 1 atom stereocenters. The van der Waals surface area contributed by atoms with Crippen LogP contribution in [0.2, 0.25) is 0 Å². The van der Waals surface area contributed by atoms with Gasteiger partial charge in [0.25, 0.3) is 0 Å². The molecule has 1 N–H and O–H groups in total. The number of aryl methyl sites for hydroxylation is 2. The van der Waals surface area contributed by atoms with E-state index in [0.29, 0.717) is 4.90 Å². The van der Waals surface area contributed by atoms with Crippen molar-refractivity contribution in [3.8, 4) is 0 Å². The lowest BCUT2D eigenvalue weighted by molar-refractivity contribution is 0.602. The van der Waals surface area contributed by atoms with E-state index >= 15 is 0 Å². The first kappa shape index (κ1) is 15.6. The van der Waals surface area contributed by atoms with Gasteiger partial charge < -0.3 is 5.32 Å². The molecule has 0 bridgehead atoms. The molecule has 0 saturated carbocycles. The monoisotopic (exact) mass is 303 g/mol. The van der Waals surface area contributed by atoms with E-state index in [1.54, 1.807) is 24.3 Å². The summed E-state index contributed by atoms with van der Waals surface area (Å²) in [5, 5.41) is 3.40. The van der Waals surface area contributed by atoms with E-state index in [-0.39, 0.29) is 6.04 Å². The van der Waals surface area contributed by atoms with E-state index in [1.807, 2.05) is 0 Å². The van der Waals surface area contributed by atoms with Gasteiger partial charge in [0.1, 0.15) is 0 Å². The van der Waals surface area contributed by atoms with Crippen LogP contribution in [0.15, 0.2) is 47.4 Å². The van der Waals surface area contributed by atoms with E-state index in [1.165, 1.54) is 22.9 Å². The molecular weight excluding hydrogens is 282 g/mol. The Labute approximate surface area is 126 Å². The molecule has 0 amide bonds. The van der Waals surface area contributed by atoms with Crippen LogP contribution in [0.25, 0.3) is 0 Å². The fourth-order valence-corrected chi connectivity index (χ4v) is 3.07. The highest BCUT2D eigenvalue weighted by atomic mass is 32.2. The smallest absolute Gasteiger partial charge is 0.175 e. The lowest BCUT2D eigenvalue weighted by Crippen LogP contribution is -2.08. The van der Waals surface area contributed by atoms with E-state index in [9.17, 15) is 8.42 Å². The predicted molar refractivity (Wildman–Crippen MR) is 87.5 cm³/mol. The zero-order valence-electron chi connectivity index (χ0n) is 12.8. The summed E-state index contributed by atoms with van der Waals surface area (Å²) in [6.07, 6.45) is 1.22. The highest BCUT2D eigenvalue weighted by molar-refractivity contribution is 7.90. The number of hydrogen-bond donors (Lipinski definition) is 1. The lowest BCUT2D eigenvalue weighted by atomic mass is 10.00. The summed E-state index contributed by atoms with van der Waals surface area (Å²) in [6.45, 7) is 6.29. The minimum absolute atomic E-state index is 0.162. The van der Waals surface area contributed by atoms with Crippen molar-refractivity contribution in [2.45, 2.75) is 31.7 Å². The van der Waals surface area contributed by atoms with Crippen LogP contribution in [0.1, 0.15) is 29.7 Å². The molecule has 0 fully saturated rings. The first-order valence-electron chi connectivity index (χ1n) is 6.91. The first-order chi connectivity index (χ1) is 9.77. The molecule has 2 rings (SSSR count). The molecule has 2 aromatic rings. The van der Waals surface area contributed by atoms with Crippen molar-refractivity contribution >= 4 is 15.5 Å². The molecule has 0 spiro atoms. The maximum atomic E-state index is 11.4. The summed E-state index contributed by atoms with van der Waals surface area (Å²) in [6, 6.07) is 13.4. The van der Waals surface area contributed by atoms with Gasteiger partial charge in [-0.15, -0.1) is 0 Å². The highest BCUT2D eigenvalue weighted by Gasteiger charge is 2.10. The summed E-state index contributed by atoms with van der Waals surface area (Å²) in [5.41, 5.74) is 4.66. The summed E-state index contributed by atoms with van der Waals surface area (Å²) >= 11 is 0. The third-order valence-electron chi connectivity index (χ3n) is 3.56. The zero-order valence-corrected chi connectivity index (χ0v) is 13.7. The average molecular weight is 303 g/mol. The highest BCUT2D eigenvalue weighted by Crippen LogP contribution is 2.23. The predicted octanol–water partition coefficient (Wildman–Crippen LogP) is 3.88. The average Bonchev–Trinajstić information content (AvgIpc) is 2.38. The minimum Gasteiger partial charge on any atom is -0.379 e. The second kappa shape index (κ2) is 5.90. The summed E-state index contributed by atoms with van der Waals surface area (Å²) in [4.78, 5) is 0.340. The molecule has 0 aliphatic carbocycles. The number of hydrogen-bond acceptors (Lipinski definition) is 3. The van der Waals surface area contributed by atoms with Gasteiger partial charge in [0, 0.05) is 18.0 Å². The SMILES string of the molecule is Cc1ccc(C(C)Nc2ccc(S(C)(=O)=O)cc2)c(C)c1. The van der Waals surface area contributed by atoms with E-state index in [4.69, 9.17) is 0 Å². The molecule has 0 heterocycles. The fourth-order valence-electron chi connectivity index (χ4n) is 2.44. The van der Waals surface area contributed by atoms with Gasteiger partial charge in [-0.2, -0.15) is 0 Å². The van der Waals surface area contributed by atoms with Crippen LogP contribution in [0.4, 0.5) is 5.69 Å². The molecule has 0 radical (unpaired) electrons. The molecule has 0 aromatic heterocycles. The molecule has 0 saturated heterocycles. The van der Waals surface area contributed by atoms with Crippen molar-refractivity contribution in [3.05, 3.63) is 59.2 Å². The van der Waals surface area contributed by atoms with Crippen molar-refractivity contribution in [2.75, 3.05) is 11.6 Å². The van der Waals surface area contributed by atoms with Gasteiger partial charge >= 0.3 is 0 Å². The Balaban J connectivity index is 2.18. The number of rotatable bonds is 4. The number of sulfone groups is 1. The van der Waals surface area contributed by atoms with Gasteiger partial charge in [0.05, 0.1) is 4.90 Å². The van der Waals surface area contributed by atoms with Crippen LogP contribution in [0.5, 0.6) is 0 Å². The van der Waals surface area contributed by atoms with Crippen LogP contribution in [0.3, 0.4) is 0 Å². The Bertz CT molecular complexity index is 734. The largest absolute Gasteiger partial charge is 0.379 e. The molecule has 2 aromatic carbocycles. The van der Waals surface area contributed by atoms with Crippen molar-refractivity contribution in [1.29, 1.82) is 0 Å². The second-order valence-corrected chi connectivity index (χ2v) is 7.54. The van der Waals surface area contributed by atoms with Crippen molar-refractivity contribution < 1.29 is 8.42 Å². The molecule has 0 aliphatic rings. The fraction of sp³-hybridized carbons (Fsp3) is 0.294. The number of benzene rings is 2. The van der Waals surface area contributed by atoms with Crippen molar-refractivity contribution in [1.82, 2.24) is 0 Å². The topological polar surface area (TPSA) is 46.2 Å². The minimum atomic E-state index is -3.14. The Hall–Kier alpha value is -1.81. The normalized spacial score (nSPS) is 13.0. The lowest BCUT2D eigenvalue weighted by Gasteiger charge is -2.18. The molecule has 4 heteroatoms. The summed E-state index contributed by atoms with van der Waals surface area (Å²) < 4.78 is 22.9. The van der Waals surface area contributed by atoms with Gasteiger partial charge in [-0.1, -0.05) is 23.8 Å². The number of anilines is 1. The van der Waals surface area contributed by atoms with Crippen LogP contribution in [-0.2, 0) is 9.84 Å². The molecule has 3 nitrogen and oxygen atoms in total. The van der Waals surface area contributed by atoms with Gasteiger partial charge in [-0.05, 0) is 56.2 Å². The van der Waals surface area contributed by atoms with Crippen LogP contribution in [-0.4, -0.2) is 14.7 Å². The van der Waals surface area contributed by atoms with Crippen LogP contribution in [0, 0.1) is 13.8 Å². The van der Waals surface area contributed by atoms with Crippen molar-refractivity contribution in [3.63, 3.8) is 0 Å². The Morgan fingerprint density at radius 1 is 1.00 bits per heavy atom. The quantitative estimate of drug-likeness (QED) is 0.932. The summed E-state index contributed by atoms with van der Waals surface area (Å²) in [7, 11) is -3.14. The number of nitrogens with one attached hydrogen (secondary N) is 1. The first-order valence-corrected chi connectivity index (χ1v) is 8.80. The zero-order chi connectivity index (χ0) is 15.6. The standard InChI is InChI=1S/C17H21NO2S/c1-12-5-10-17(13(2)11-12)14(3)18-15-6-8-16(9-7-15)21(4,19)20/h5-11,14,18H,1-4H3. The molecule has 112 valence electrons. The second-order valence-electron chi connectivity index (χ2n) is 5.52. The Morgan fingerprint density at radius 2 is 1.62 bits per heavy atom. The van der Waals surface area contributed by atoms with E-state index in [2.05, 4.69) is 44.3 Å². The van der Waals surface area contributed by atoms with E-state index < -0.39 is 9.84 Å². The molecule has 0 aliphatic heterocycles. The third-order valence-corrected chi connectivity index (χ3v) is 4.69. The maximum absolute atomic E-state index is 11.4. The Morgan fingerprint density at radius 3 is 2.14 bits per heavy atom. The van der Waals surface area contributed by atoms with Crippen LogP contribution < -0.4 is 5.32 Å². The molecule has 21 heavy (non-hydrogen) atoms. The molecular formula is C17H21NO2S. The van der Waals surface area contributed by atoms with E-state index in [0.717, 1.165) is 5.69 Å². The van der Waals surface area contributed by atoms with Gasteiger partial charge in [-0.3, -0.25) is 0 Å². The van der Waals surface area contributed by atoms with Gasteiger partial charge in [0.2, 0.25) is 0 Å². The maximum Gasteiger partial charge on any atom is 0.175 e. The van der Waals surface area contributed by atoms with Crippen LogP contribution >= 0.6 is 0 Å². The Kier molecular flexibility index (Phi) is 4.37. The third kappa shape index (κ3) is 3.85. The van der Waals surface area contributed by atoms with Gasteiger partial charge in [-0.25, -0.2) is 8.42 Å². The van der Waals surface area contributed by atoms with Crippen molar-refractivity contribution in [2.24, 2.45) is 0 Å².